The summed E-state index contributed by atoms with van der Waals surface area (Å²) in [5.41, 5.74) is 1.48. The molecule has 3 nitrogen and oxygen atoms in total. The van der Waals surface area contributed by atoms with Gasteiger partial charge in [0.1, 0.15) is 4.60 Å². The first-order chi connectivity index (χ1) is 7.98. The highest BCUT2D eigenvalue weighted by molar-refractivity contribution is 9.10. The molecule has 0 bridgehead atoms. The van der Waals surface area contributed by atoms with E-state index >= 15 is 0 Å². The Labute approximate surface area is 112 Å². The molecule has 1 fully saturated rings. The second-order valence-corrected chi connectivity index (χ2v) is 6.43. The Balaban J connectivity index is 2.25. The maximum absolute atomic E-state index is 4.33. The maximum Gasteiger partial charge on any atom is 0.106 e. The average Bonchev–Trinajstić information content (AvgIpc) is 2.29. The summed E-state index contributed by atoms with van der Waals surface area (Å²) in [6.45, 7) is 10.0. The molecule has 1 N–H and O–H groups in total. The zero-order valence-electron chi connectivity index (χ0n) is 10.7. The lowest BCUT2D eigenvalue weighted by atomic mass is 9.84. The Morgan fingerprint density at radius 1 is 1.41 bits per heavy atom. The molecule has 0 radical (unpaired) electrons. The fourth-order valence-corrected chi connectivity index (χ4v) is 2.56. The number of hydrogen-bond donors (Lipinski definition) is 1. The van der Waals surface area contributed by atoms with E-state index in [1.54, 1.807) is 0 Å². The van der Waals surface area contributed by atoms with E-state index < -0.39 is 0 Å². The number of halogens is 1. The largest absolute Gasteiger partial charge is 0.364 e. The van der Waals surface area contributed by atoms with Crippen molar-refractivity contribution in [3.63, 3.8) is 0 Å². The van der Waals surface area contributed by atoms with Crippen molar-refractivity contribution in [2.45, 2.75) is 26.8 Å². The molecule has 94 valence electrons. The Morgan fingerprint density at radius 3 is 2.76 bits per heavy atom. The number of hydrogen-bond acceptors (Lipinski definition) is 3. The standard InChI is InChI=1S/C13H20BrN3/c1-13(2,3)11-9-15-6-7-17(11)10-4-5-12(14)16-8-10/h4-5,8,11,15H,6-7,9H2,1-3H3. The molecule has 4 heteroatoms. The van der Waals surface area contributed by atoms with Crippen LogP contribution in [0.1, 0.15) is 20.8 Å². The predicted octanol–water partition coefficient (Wildman–Crippen LogP) is 2.67. The minimum absolute atomic E-state index is 0.264. The summed E-state index contributed by atoms with van der Waals surface area (Å²) in [5, 5.41) is 3.48. The second-order valence-electron chi connectivity index (χ2n) is 5.62. The van der Waals surface area contributed by atoms with Crippen LogP contribution in [0.4, 0.5) is 5.69 Å². The van der Waals surface area contributed by atoms with Crippen molar-refractivity contribution in [2.24, 2.45) is 5.41 Å². The van der Waals surface area contributed by atoms with E-state index in [9.17, 15) is 0 Å². The summed E-state index contributed by atoms with van der Waals surface area (Å²) in [6.07, 6.45) is 1.95. The van der Waals surface area contributed by atoms with E-state index in [0.29, 0.717) is 6.04 Å². The van der Waals surface area contributed by atoms with Crippen molar-refractivity contribution >= 4 is 21.6 Å². The van der Waals surface area contributed by atoms with Gasteiger partial charge in [-0.15, -0.1) is 0 Å². The molecular weight excluding hydrogens is 278 g/mol. The maximum atomic E-state index is 4.33. The number of pyridine rings is 1. The first kappa shape index (κ1) is 12.8. The second kappa shape index (κ2) is 4.94. The Morgan fingerprint density at radius 2 is 2.18 bits per heavy atom. The molecule has 0 spiro atoms. The fraction of sp³-hybridized carbons (Fsp3) is 0.615. The molecule has 1 unspecified atom stereocenters. The quantitative estimate of drug-likeness (QED) is 0.808. The third-order valence-electron chi connectivity index (χ3n) is 3.29. The molecular formula is C13H20BrN3. The first-order valence-electron chi connectivity index (χ1n) is 6.07. The summed E-state index contributed by atoms with van der Waals surface area (Å²) in [5.74, 6) is 0. The zero-order valence-corrected chi connectivity index (χ0v) is 12.3. The van der Waals surface area contributed by atoms with Crippen molar-refractivity contribution in [2.75, 3.05) is 24.5 Å². The van der Waals surface area contributed by atoms with Gasteiger partial charge in [0.2, 0.25) is 0 Å². The van der Waals surface area contributed by atoms with Gasteiger partial charge in [0, 0.05) is 25.7 Å². The van der Waals surface area contributed by atoms with Crippen LogP contribution in [0, 0.1) is 5.41 Å². The Bertz CT molecular complexity index is 369. The number of anilines is 1. The van der Waals surface area contributed by atoms with Crippen LogP contribution in [-0.4, -0.2) is 30.7 Å². The summed E-state index contributed by atoms with van der Waals surface area (Å²) < 4.78 is 0.892. The number of nitrogens with one attached hydrogen (secondary N) is 1. The van der Waals surface area contributed by atoms with E-state index in [1.165, 1.54) is 5.69 Å². The lowest BCUT2D eigenvalue weighted by Crippen LogP contribution is -2.56. The van der Waals surface area contributed by atoms with E-state index in [1.807, 2.05) is 12.3 Å². The van der Waals surface area contributed by atoms with Crippen molar-refractivity contribution < 1.29 is 0 Å². The van der Waals surface area contributed by atoms with Crippen molar-refractivity contribution in [3.05, 3.63) is 22.9 Å². The van der Waals surface area contributed by atoms with Crippen LogP contribution in [-0.2, 0) is 0 Å². The lowest BCUT2D eigenvalue weighted by molar-refractivity contribution is 0.273. The van der Waals surface area contributed by atoms with Gasteiger partial charge in [-0.3, -0.25) is 0 Å². The number of aromatic nitrogens is 1. The highest BCUT2D eigenvalue weighted by atomic mass is 79.9. The van der Waals surface area contributed by atoms with Gasteiger partial charge in [0.15, 0.2) is 0 Å². The molecule has 2 heterocycles. The molecule has 1 aliphatic rings. The van der Waals surface area contributed by atoms with Crippen LogP contribution in [0.3, 0.4) is 0 Å². The number of piperazine rings is 1. The van der Waals surface area contributed by atoms with Crippen LogP contribution in [0.25, 0.3) is 0 Å². The molecule has 0 aliphatic carbocycles. The molecule has 1 aromatic heterocycles. The summed E-state index contributed by atoms with van der Waals surface area (Å²) in [7, 11) is 0. The number of nitrogens with zero attached hydrogens (tertiary/aromatic N) is 2. The molecule has 17 heavy (non-hydrogen) atoms. The molecule has 0 amide bonds. The van der Waals surface area contributed by atoms with Gasteiger partial charge in [-0.1, -0.05) is 20.8 Å². The molecule has 0 saturated carbocycles. The first-order valence-corrected chi connectivity index (χ1v) is 6.87. The van der Waals surface area contributed by atoms with Crippen molar-refractivity contribution in [1.29, 1.82) is 0 Å². The minimum Gasteiger partial charge on any atom is -0.364 e. The summed E-state index contributed by atoms with van der Waals surface area (Å²) in [4.78, 5) is 6.79. The SMILES string of the molecule is CC(C)(C)C1CNCCN1c1ccc(Br)nc1. The normalized spacial score (nSPS) is 21.6. The number of rotatable bonds is 1. The predicted molar refractivity (Wildman–Crippen MR) is 75.4 cm³/mol. The molecule has 1 atom stereocenters. The van der Waals surface area contributed by atoms with Crippen LogP contribution < -0.4 is 10.2 Å². The Hall–Kier alpha value is -0.610. The van der Waals surface area contributed by atoms with Crippen LogP contribution in [0.2, 0.25) is 0 Å². The molecule has 2 rings (SSSR count). The summed E-state index contributed by atoms with van der Waals surface area (Å²) in [6, 6.07) is 4.66. The van der Waals surface area contributed by atoms with Gasteiger partial charge in [0.25, 0.3) is 0 Å². The molecule has 0 aromatic carbocycles. The third-order valence-corrected chi connectivity index (χ3v) is 3.76. The summed E-state index contributed by atoms with van der Waals surface area (Å²) >= 11 is 3.38. The smallest absolute Gasteiger partial charge is 0.106 e. The van der Waals surface area contributed by atoms with E-state index in [-0.39, 0.29) is 5.41 Å². The van der Waals surface area contributed by atoms with Gasteiger partial charge in [-0.2, -0.15) is 0 Å². The van der Waals surface area contributed by atoms with Gasteiger partial charge < -0.3 is 10.2 Å². The molecule has 1 aliphatic heterocycles. The van der Waals surface area contributed by atoms with Crippen molar-refractivity contribution in [3.8, 4) is 0 Å². The van der Waals surface area contributed by atoms with E-state index in [4.69, 9.17) is 0 Å². The van der Waals surface area contributed by atoms with Crippen LogP contribution >= 0.6 is 15.9 Å². The lowest BCUT2D eigenvalue weighted by Gasteiger charge is -2.44. The monoisotopic (exact) mass is 297 g/mol. The van der Waals surface area contributed by atoms with Crippen molar-refractivity contribution in [1.82, 2.24) is 10.3 Å². The minimum atomic E-state index is 0.264. The Kier molecular flexibility index (Phi) is 3.73. The highest BCUT2D eigenvalue weighted by Gasteiger charge is 2.32. The van der Waals surface area contributed by atoms with Crippen LogP contribution in [0.5, 0.6) is 0 Å². The van der Waals surface area contributed by atoms with Gasteiger partial charge in [-0.05, 0) is 33.5 Å². The molecule has 1 aromatic rings. The molecule has 1 saturated heterocycles. The zero-order chi connectivity index (χ0) is 12.5. The van der Waals surface area contributed by atoms with Gasteiger partial charge in [-0.25, -0.2) is 4.98 Å². The van der Waals surface area contributed by atoms with Gasteiger partial charge >= 0.3 is 0 Å². The third kappa shape index (κ3) is 2.99. The topological polar surface area (TPSA) is 28.2 Å². The van der Waals surface area contributed by atoms with E-state index in [0.717, 1.165) is 24.2 Å². The fourth-order valence-electron chi connectivity index (χ4n) is 2.32. The van der Waals surface area contributed by atoms with Crippen LogP contribution in [0.15, 0.2) is 22.9 Å². The average molecular weight is 298 g/mol. The van der Waals surface area contributed by atoms with Gasteiger partial charge in [0.05, 0.1) is 11.9 Å². The highest BCUT2D eigenvalue weighted by Crippen LogP contribution is 2.29. The van der Waals surface area contributed by atoms with E-state index in [2.05, 4.69) is 58.0 Å².